The van der Waals surface area contributed by atoms with Gasteiger partial charge in [0.15, 0.2) is 14.2 Å². The molecule has 0 spiro atoms. The Labute approximate surface area is 136 Å². The lowest BCUT2D eigenvalue weighted by Crippen LogP contribution is -2.19. The van der Waals surface area contributed by atoms with Crippen LogP contribution >= 0.6 is 23.1 Å². The fraction of sp³-hybridized carbons (Fsp3) is 0.385. The number of hydrogen-bond acceptors (Lipinski definition) is 8. The van der Waals surface area contributed by atoms with Gasteiger partial charge < -0.3 is 10.4 Å². The highest BCUT2D eigenvalue weighted by Gasteiger charge is 2.37. The van der Waals surface area contributed by atoms with Gasteiger partial charge in [0.05, 0.1) is 22.9 Å². The van der Waals surface area contributed by atoms with Crippen molar-refractivity contribution in [3.8, 4) is 0 Å². The van der Waals surface area contributed by atoms with Crippen LogP contribution in [0.5, 0.6) is 0 Å². The van der Waals surface area contributed by atoms with Gasteiger partial charge in [-0.1, -0.05) is 35.2 Å². The van der Waals surface area contributed by atoms with Crippen LogP contribution in [-0.2, 0) is 9.84 Å². The van der Waals surface area contributed by atoms with Gasteiger partial charge in [-0.25, -0.2) is 8.42 Å². The number of nitrogens with zero attached hydrogens (tertiary/aromatic N) is 2. The van der Waals surface area contributed by atoms with E-state index >= 15 is 0 Å². The number of sulfone groups is 1. The second-order valence-corrected chi connectivity index (χ2v) is 9.79. The van der Waals surface area contributed by atoms with Crippen LogP contribution in [0.4, 0.5) is 10.8 Å². The van der Waals surface area contributed by atoms with Gasteiger partial charge in [0.25, 0.3) is 0 Å². The number of aliphatic hydroxyl groups is 1. The average Bonchev–Trinajstić information content (AvgIpc) is 2.94. The molecule has 1 aliphatic rings. The van der Waals surface area contributed by atoms with E-state index in [1.165, 1.54) is 23.1 Å². The van der Waals surface area contributed by atoms with Crippen molar-refractivity contribution >= 4 is 43.8 Å². The summed E-state index contributed by atoms with van der Waals surface area (Å²) in [5.41, 5.74) is 2.07. The number of thioether (sulfide) groups is 1. The van der Waals surface area contributed by atoms with Crippen molar-refractivity contribution in [3.63, 3.8) is 0 Å². The maximum Gasteiger partial charge on any atom is 0.210 e. The fourth-order valence-electron chi connectivity index (χ4n) is 2.19. The molecule has 0 radical (unpaired) electrons. The van der Waals surface area contributed by atoms with E-state index in [1.54, 1.807) is 0 Å². The molecule has 0 unspecified atom stereocenters. The molecule has 118 valence electrons. The Balaban J connectivity index is 1.67. The zero-order valence-corrected chi connectivity index (χ0v) is 14.2. The summed E-state index contributed by atoms with van der Waals surface area (Å²) in [4.78, 5) is 0. The maximum absolute atomic E-state index is 11.5. The topological polar surface area (TPSA) is 92.2 Å². The van der Waals surface area contributed by atoms with Gasteiger partial charge >= 0.3 is 0 Å². The first-order chi connectivity index (χ1) is 10.4. The Morgan fingerprint density at radius 2 is 2.18 bits per heavy atom. The van der Waals surface area contributed by atoms with Crippen molar-refractivity contribution in [1.82, 2.24) is 10.2 Å². The fourth-order valence-corrected chi connectivity index (χ4v) is 6.72. The van der Waals surface area contributed by atoms with Crippen LogP contribution in [0.2, 0.25) is 0 Å². The number of benzene rings is 1. The summed E-state index contributed by atoms with van der Waals surface area (Å²) in [5, 5.41) is 21.3. The summed E-state index contributed by atoms with van der Waals surface area (Å²) in [7, 11) is -3.14. The molecule has 2 N–H and O–H groups in total. The van der Waals surface area contributed by atoms with E-state index in [1.807, 2.05) is 31.2 Å². The van der Waals surface area contributed by atoms with Gasteiger partial charge in [-0.3, -0.25) is 0 Å². The minimum absolute atomic E-state index is 0.0148. The standard InChI is InChI=1S/C13H15N3O3S3/c1-8-3-2-4-9(5-8)14-12-15-16-13(21-12)20-11-7-22(18,19)6-10(11)17/h2-5,10-11,17H,6-7H2,1H3,(H,14,15)/t10-,11-/m1/s1. The zero-order chi connectivity index (χ0) is 15.7. The largest absolute Gasteiger partial charge is 0.391 e. The van der Waals surface area contributed by atoms with Crippen molar-refractivity contribution in [2.24, 2.45) is 0 Å². The molecule has 2 aromatic rings. The molecule has 1 aromatic heterocycles. The van der Waals surface area contributed by atoms with Gasteiger partial charge in [0.1, 0.15) is 0 Å². The maximum atomic E-state index is 11.5. The molecule has 0 aliphatic carbocycles. The minimum atomic E-state index is -3.14. The van der Waals surface area contributed by atoms with E-state index < -0.39 is 15.9 Å². The van der Waals surface area contributed by atoms with E-state index in [2.05, 4.69) is 15.5 Å². The SMILES string of the molecule is Cc1cccc(Nc2nnc(S[C@@H]3CS(=O)(=O)C[C@H]3O)s2)c1. The van der Waals surface area contributed by atoms with Crippen LogP contribution in [0.25, 0.3) is 0 Å². The molecule has 1 aromatic carbocycles. The van der Waals surface area contributed by atoms with E-state index in [4.69, 9.17) is 0 Å². The van der Waals surface area contributed by atoms with Crippen LogP contribution in [0, 0.1) is 6.92 Å². The van der Waals surface area contributed by atoms with Gasteiger partial charge in [0, 0.05) is 5.69 Å². The quantitative estimate of drug-likeness (QED) is 0.862. The molecule has 22 heavy (non-hydrogen) atoms. The summed E-state index contributed by atoms with van der Waals surface area (Å²) < 4.78 is 23.7. The summed E-state index contributed by atoms with van der Waals surface area (Å²) >= 11 is 2.62. The highest BCUT2D eigenvalue weighted by atomic mass is 32.2. The Morgan fingerprint density at radius 1 is 1.36 bits per heavy atom. The first kappa shape index (κ1) is 15.7. The third-order valence-electron chi connectivity index (χ3n) is 3.20. The number of hydrogen-bond donors (Lipinski definition) is 2. The lowest BCUT2D eigenvalue weighted by atomic mass is 10.2. The van der Waals surface area contributed by atoms with Crippen LogP contribution < -0.4 is 5.32 Å². The van der Waals surface area contributed by atoms with Crippen LogP contribution in [0.1, 0.15) is 5.56 Å². The Kier molecular flexibility index (Phi) is 4.40. The van der Waals surface area contributed by atoms with Crippen molar-refractivity contribution < 1.29 is 13.5 Å². The second-order valence-electron chi connectivity index (χ2n) is 5.17. The molecular formula is C13H15N3O3S3. The first-order valence-electron chi connectivity index (χ1n) is 6.64. The summed E-state index contributed by atoms with van der Waals surface area (Å²) in [6, 6.07) is 7.90. The Hall–Kier alpha value is -1.16. The van der Waals surface area contributed by atoms with E-state index in [9.17, 15) is 13.5 Å². The van der Waals surface area contributed by atoms with E-state index in [-0.39, 0.29) is 16.8 Å². The second kappa shape index (κ2) is 6.15. The molecule has 1 saturated heterocycles. The lowest BCUT2D eigenvalue weighted by molar-refractivity contribution is 0.207. The van der Waals surface area contributed by atoms with Crippen LogP contribution in [0.15, 0.2) is 28.6 Å². The molecule has 2 atom stereocenters. The average molecular weight is 357 g/mol. The monoisotopic (exact) mass is 357 g/mol. The molecule has 1 aliphatic heterocycles. The van der Waals surface area contributed by atoms with Crippen LogP contribution in [-0.4, -0.2) is 46.6 Å². The first-order valence-corrected chi connectivity index (χ1v) is 10.2. The predicted octanol–water partition coefficient (Wildman–Crippen LogP) is 1.84. The molecule has 6 nitrogen and oxygen atoms in total. The van der Waals surface area contributed by atoms with Gasteiger partial charge in [0.2, 0.25) is 5.13 Å². The summed E-state index contributed by atoms with van der Waals surface area (Å²) in [5.74, 6) is -0.184. The van der Waals surface area contributed by atoms with Crippen molar-refractivity contribution in [3.05, 3.63) is 29.8 Å². The molecule has 0 amide bonds. The smallest absolute Gasteiger partial charge is 0.210 e. The van der Waals surface area contributed by atoms with Gasteiger partial charge in [-0.15, -0.1) is 10.2 Å². The summed E-state index contributed by atoms with van der Waals surface area (Å²) in [6.45, 7) is 2.01. The molecule has 9 heteroatoms. The minimum Gasteiger partial charge on any atom is -0.391 e. The number of rotatable bonds is 4. The molecule has 0 saturated carbocycles. The number of nitrogens with one attached hydrogen (secondary N) is 1. The Morgan fingerprint density at radius 3 is 2.86 bits per heavy atom. The highest BCUT2D eigenvalue weighted by Crippen LogP contribution is 2.35. The lowest BCUT2D eigenvalue weighted by Gasteiger charge is -2.08. The molecular weight excluding hydrogens is 342 g/mol. The zero-order valence-electron chi connectivity index (χ0n) is 11.8. The molecule has 3 rings (SSSR count). The van der Waals surface area contributed by atoms with Gasteiger partial charge in [-0.05, 0) is 24.6 Å². The predicted molar refractivity (Wildman–Crippen MR) is 88.7 cm³/mol. The number of aliphatic hydroxyl groups excluding tert-OH is 1. The third-order valence-corrected chi connectivity index (χ3v) is 7.37. The van der Waals surface area contributed by atoms with Crippen molar-refractivity contribution in [1.29, 1.82) is 0 Å². The highest BCUT2D eigenvalue weighted by molar-refractivity contribution is 8.03. The summed E-state index contributed by atoms with van der Waals surface area (Å²) in [6.07, 6.45) is -0.841. The molecule has 2 heterocycles. The van der Waals surface area contributed by atoms with Gasteiger partial charge in [-0.2, -0.15) is 0 Å². The number of aromatic nitrogens is 2. The molecule has 0 bridgehead atoms. The van der Waals surface area contributed by atoms with Crippen molar-refractivity contribution in [2.75, 3.05) is 16.8 Å². The number of aryl methyl sites for hydroxylation is 1. The Bertz CT molecular complexity index is 776. The molecule has 1 fully saturated rings. The van der Waals surface area contributed by atoms with Crippen LogP contribution in [0.3, 0.4) is 0 Å². The van der Waals surface area contributed by atoms with Crippen molar-refractivity contribution in [2.45, 2.75) is 22.6 Å². The van der Waals surface area contributed by atoms with E-state index in [0.29, 0.717) is 9.47 Å². The number of anilines is 2. The normalized spacial score (nSPS) is 23.5. The van der Waals surface area contributed by atoms with E-state index in [0.717, 1.165) is 11.3 Å². The third kappa shape index (κ3) is 3.78.